The van der Waals surface area contributed by atoms with Crippen LogP contribution in [0.15, 0.2) is 60.6 Å². The minimum absolute atomic E-state index is 0.124. The van der Waals surface area contributed by atoms with E-state index in [1.807, 2.05) is 36.1 Å². The lowest BCUT2D eigenvalue weighted by Crippen LogP contribution is -2.42. The lowest BCUT2D eigenvalue weighted by Gasteiger charge is -2.33. The third-order valence-corrected chi connectivity index (χ3v) is 5.46. The Morgan fingerprint density at radius 1 is 1.15 bits per heavy atom. The summed E-state index contributed by atoms with van der Waals surface area (Å²) in [5, 5.41) is 2.90. The molecule has 3 aromatic rings. The molecule has 1 aromatic carbocycles. The molecule has 1 atom stereocenters. The Kier molecular flexibility index (Phi) is 6.83. The number of hydrogen-bond acceptors (Lipinski definition) is 6. The molecule has 1 unspecified atom stereocenters. The maximum absolute atomic E-state index is 12.7. The maximum atomic E-state index is 12.7. The van der Waals surface area contributed by atoms with Gasteiger partial charge < -0.3 is 19.7 Å². The van der Waals surface area contributed by atoms with E-state index in [0.29, 0.717) is 36.4 Å². The Bertz CT molecular complexity index is 1130. The first-order valence-electron chi connectivity index (χ1n) is 10.8. The third-order valence-electron chi connectivity index (χ3n) is 5.46. The molecule has 0 bridgehead atoms. The van der Waals surface area contributed by atoms with E-state index in [9.17, 15) is 4.79 Å². The normalized spacial score (nSPS) is 17.0. The van der Waals surface area contributed by atoms with Crippen LogP contribution in [-0.2, 0) is 0 Å². The summed E-state index contributed by atoms with van der Waals surface area (Å²) in [5.74, 6) is 1.43. The number of nitrogens with one attached hydrogen (secondary N) is 1. The number of aryl methyl sites for hydroxylation is 1. The van der Waals surface area contributed by atoms with E-state index in [1.54, 1.807) is 37.8 Å². The highest BCUT2D eigenvalue weighted by molar-refractivity contribution is 5.89. The summed E-state index contributed by atoms with van der Waals surface area (Å²) < 4.78 is 10.8. The van der Waals surface area contributed by atoms with Gasteiger partial charge in [-0.05, 0) is 48.6 Å². The second-order valence-electron chi connectivity index (χ2n) is 8.05. The molecule has 170 valence electrons. The Labute approximate surface area is 193 Å². The molecule has 3 heterocycles. The second kappa shape index (κ2) is 10.1. The molecule has 8 nitrogen and oxygen atoms in total. The molecule has 4 rings (SSSR count). The van der Waals surface area contributed by atoms with Gasteiger partial charge in [0.05, 0.1) is 19.0 Å². The molecule has 1 fully saturated rings. The molecule has 0 saturated carbocycles. The summed E-state index contributed by atoms with van der Waals surface area (Å²) in [6, 6.07) is 11.5. The van der Waals surface area contributed by atoms with Crippen molar-refractivity contribution in [3.63, 3.8) is 0 Å². The molecule has 8 heteroatoms. The summed E-state index contributed by atoms with van der Waals surface area (Å²) in [4.78, 5) is 27.0. The maximum Gasteiger partial charge on any atom is 0.321 e. The summed E-state index contributed by atoms with van der Waals surface area (Å²) in [5.41, 5.74) is 3.97. The number of carbonyl (C=O) groups is 1. The number of rotatable bonds is 5. The molecule has 33 heavy (non-hydrogen) atoms. The molecule has 1 N–H and O–H groups in total. The van der Waals surface area contributed by atoms with E-state index in [-0.39, 0.29) is 11.9 Å². The Morgan fingerprint density at radius 2 is 1.97 bits per heavy atom. The van der Waals surface area contributed by atoms with Crippen molar-refractivity contribution in [2.45, 2.75) is 20.3 Å². The van der Waals surface area contributed by atoms with Crippen molar-refractivity contribution >= 4 is 17.8 Å². The minimum atomic E-state index is -0.124. The highest BCUT2D eigenvalue weighted by atomic mass is 16.5. The summed E-state index contributed by atoms with van der Waals surface area (Å²) in [7, 11) is 1.56. The van der Waals surface area contributed by atoms with E-state index in [2.05, 4.69) is 33.3 Å². The fraction of sp³-hybridized carbons (Fsp3) is 0.280. The van der Waals surface area contributed by atoms with Crippen molar-refractivity contribution in [3.8, 4) is 17.6 Å². The summed E-state index contributed by atoms with van der Waals surface area (Å²) in [6.45, 7) is 5.37. The molecule has 1 aliphatic rings. The monoisotopic (exact) mass is 445 g/mol. The molecule has 1 aliphatic heterocycles. The fourth-order valence-corrected chi connectivity index (χ4v) is 3.65. The predicted octanol–water partition coefficient (Wildman–Crippen LogP) is 4.94. The van der Waals surface area contributed by atoms with E-state index in [4.69, 9.17) is 9.47 Å². The van der Waals surface area contributed by atoms with E-state index in [0.717, 1.165) is 17.5 Å². The molecule has 0 spiro atoms. The molecule has 1 saturated heterocycles. The van der Waals surface area contributed by atoms with Gasteiger partial charge in [-0.3, -0.25) is 0 Å². The Hall–Kier alpha value is -3.94. The first kappa shape index (κ1) is 22.3. The van der Waals surface area contributed by atoms with Crippen LogP contribution in [-0.4, -0.2) is 46.1 Å². The van der Waals surface area contributed by atoms with Crippen molar-refractivity contribution in [2.24, 2.45) is 5.92 Å². The van der Waals surface area contributed by atoms with Gasteiger partial charge in [-0.1, -0.05) is 30.7 Å². The Balaban J connectivity index is 1.37. The second-order valence-corrected chi connectivity index (χ2v) is 8.05. The van der Waals surface area contributed by atoms with Crippen LogP contribution in [0.5, 0.6) is 17.6 Å². The minimum Gasteiger partial charge on any atom is -0.481 e. The van der Waals surface area contributed by atoms with Crippen LogP contribution in [0, 0.1) is 12.8 Å². The SMILES string of the molecule is COc1ccc(NC(=O)N2CC/C(=C\c3cccc(Oc4ncc(C)cn4)c3)C(C)C2)cn1. The molecular weight excluding hydrogens is 418 g/mol. The fourth-order valence-electron chi connectivity index (χ4n) is 3.65. The highest BCUT2D eigenvalue weighted by Gasteiger charge is 2.24. The molecule has 0 aliphatic carbocycles. The number of amides is 2. The molecule has 2 aromatic heterocycles. The number of pyridine rings is 1. The van der Waals surface area contributed by atoms with Gasteiger partial charge in [0.15, 0.2) is 0 Å². The number of benzene rings is 1. The first-order chi connectivity index (χ1) is 16.0. The number of piperidine rings is 1. The van der Waals surface area contributed by atoms with Crippen molar-refractivity contribution in [2.75, 3.05) is 25.5 Å². The number of likely N-dealkylation sites (tertiary alicyclic amines) is 1. The Morgan fingerprint density at radius 3 is 2.67 bits per heavy atom. The van der Waals surface area contributed by atoms with Gasteiger partial charge in [0.2, 0.25) is 5.88 Å². The van der Waals surface area contributed by atoms with Crippen LogP contribution in [0.25, 0.3) is 6.08 Å². The number of hydrogen-bond donors (Lipinski definition) is 1. The van der Waals surface area contributed by atoms with Crippen LogP contribution >= 0.6 is 0 Å². The number of carbonyl (C=O) groups excluding carboxylic acids is 1. The summed E-state index contributed by atoms with van der Waals surface area (Å²) in [6.07, 6.45) is 8.03. The number of ether oxygens (including phenoxy) is 2. The van der Waals surface area contributed by atoms with Crippen molar-refractivity contribution in [3.05, 3.63) is 71.7 Å². The topological polar surface area (TPSA) is 89.5 Å². The van der Waals surface area contributed by atoms with Gasteiger partial charge in [-0.25, -0.2) is 19.7 Å². The van der Waals surface area contributed by atoms with Crippen molar-refractivity contribution < 1.29 is 14.3 Å². The van der Waals surface area contributed by atoms with Crippen LogP contribution in [0.1, 0.15) is 24.5 Å². The zero-order valence-electron chi connectivity index (χ0n) is 19.0. The van der Waals surface area contributed by atoms with Gasteiger partial charge in [0.1, 0.15) is 5.75 Å². The van der Waals surface area contributed by atoms with Crippen molar-refractivity contribution in [1.82, 2.24) is 19.9 Å². The van der Waals surface area contributed by atoms with Crippen molar-refractivity contribution in [1.29, 1.82) is 0 Å². The quantitative estimate of drug-likeness (QED) is 0.598. The molecular formula is C25H27N5O3. The average Bonchev–Trinajstić information content (AvgIpc) is 2.82. The summed E-state index contributed by atoms with van der Waals surface area (Å²) >= 11 is 0. The number of nitrogens with zero attached hydrogens (tertiary/aromatic N) is 4. The third kappa shape index (κ3) is 5.85. The number of aromatic nitrogens is 3. The zero-order chi connectivity index (χ0) is 23.2. The number of urea groups is 1. The van der Waals surface area contributed by atoms with E-state index >= 15 is 0 Å². The van der Waals surface area contributed by atoms with Gasteiger partial charge in [-0.15, -0.1) is 0 Å². The lowest BCUT2D eigenvalue weighted by atomic mass is 9.91. The number of methoxy groups -OCH3 is 1. The molecule has 0 radical (unpaired) electrons. The van der Waals surface area contributed by atoms with Gasteiger partial charge in [-0.2, -0.15) is 0 Å². The van der Waals surface area contributed by atoms with Crippen LogP contribution in [0.2, 0.25) is 0 Å². The highest BCUT2D eigenvalue weighted by Crippen LogP contribution is 2.27. The van der Waals surface area contributed by atoms with Gasteiger partial charge in [0, 0.05) is 31.5 Å². The largest absolute Gasteiger partial charge is 0.481 e. The predicted molar refractivity (Wildman–Crippen MR) is 126 cm³/mol. The van der Waals surface area contributed by atoms with Crippen LogP contribution in [0.4, 0.5) is 10.5 Å². The first-order valence-corrected chi connectivity index (χ1v) is 10.8. The number of anilines is 1. The van der Waals surface area contributed by atoms with Gasteiger partial charge in [0.25, 0.3) is 0 Å². The van der Waals surface area contributed by atoms with E-state index in [1.165, 1.54) is 5.57 Å². The van der Waals surface area contributed by atoms with Crippen LogP contribution in [0.3, 0.4) is 0 Å². The average molecular weight is 446 g/mol. The lowest BCUT2D eigenvalue weighted by molar-refractivity contribution is 0.198. The zero-order valence-corrected chi connectivity index (χ0v) is 19.0. The smallest absolute Gasteiger partial charge is 0.321 e. The van der Waals surface area contributed by atoms with Crippen LogP contribution < -0.4 is 14.8 Å². The standard InChI is InChI=1S/C25H27N5O3/c1-17-13-27-24(28-14-17)33-22-6-4-5-19(12-22)11-20-9-10-30(16-18(20)2)25(31)29-21-7-8-23(32-3)26-15-21/h4-8,11-15,18H,9-10,16H2,1-3H3,(H,29,31)/b20-11+. The van der Waals surface area contributed by atoms with Gasteiger partial charge >= 0.3 is 12.0 Å². The van der Waals surface area contributed by atoms with E-state index < -0.39 is 0 Å². The molecule has 2 amide bonds.